The quantitative estimate of drug-likeness (QED) is 0.798. The highest BCUT2D eigenvalue weighted by atomic mass is 16.1. The van der Waals surface area contributed by atoms with Crippen LogP contribution in [0.25, 0.3) is 0 Å². The van der Waals surface area contributed by atoms with Crippen molar-refractivity contribution < 1.29 is 4.79 Å². The summed E-state index contributed by atoms with van der Waals surface area (Å²) in [6.07, 6.45) is 4.20. The molecule has 0 atom stereocenters. The number of amides is 1. The lowest BCUT2D eigenvalue weighted by atomic mass is 10.1. The normalized spacial score (nSPS) is 10.0. The van der Waals surface area contributed by atoms with Crippen LogP contribution in [0.2, 0.25) is 0 Å². The molecule has 1 N–H and O–H groups in total. The number of carbonyl (C=O) groups is 1. The predicted molar refractivity (Wildman–Crippen MR) is 60.6 cm³/mol. The summed E-state index contributed by atoms with van der Waals surface area (Å²) in [4.78, 5) is 15.3. The van der Waals surface area contributed by atoms with E-state index >= 15 is 0 Å². The lowest BCUT2D eigenvalue weighted by Crippen LogP contribution is -2.25. The van der Waals surface area contributed by atoms with Crippen molar-refractivity contribution in [2.45, 2.75) is 33.1 Å². The third-order valence-corrected chi connectivity index (χ3v) is 2.17. The molecule has 0 radical (unpaired) electrons. The molecule has 82 valence electrons. The van der Waals surface area contributed by atoms with E-state index in [-0.39, 0.29) is 5.91 Å². The van der Waals surface area contributed by atoms with E-state index in [1.165, 1.54) is 5.56 Å². The first-order chi connectivity index (χ1) is 7.22. The molecule has 1 aromatic heterocycles. The number of aromatic nitrogens is 1. The Hall–Kier alpha value is -1.38. The maximum Gasteiger partial charge on any atom is 0.219 e. The number of rotatable bonds is 5. The molecule has 0 bridgehead atoms. The molecular weight excluding hydrogens is 188 g/mol. The van der Waals surface area contributed by atoms with Gasteiger partial charge in [-0.2, -0.15) is 0 Å². The molecular formula is C12H18N2O. The number of nitrogens with one attached hydrogen (secondary N) is 1. The second-order valence-corrected chi connectivity index (χ2v) is 3.66. The van der Waals surface area contributed by atoms with Crippen LogP contribution in [0, 0.1) is 6.92 Å². The molecule has 0 fully saturated rings. The minimum absolute atomic E-state index is 0.142. The molecule has 15 heavy (non-hydrogen) atoms. The zero-order chi connectivity index (χ0) is 11.1. The van der Waals surface area contributed by atoms with Gasteiger partial charge in [-0.25, -0.2) is 0 Å². The van der Waals surface area contributed by atoms with Gasteiger partial charge >= 0.3 is 0 Å². The molecule has 1 aromatic rings. The van der Waals surface area contributed by atoms with Gasteiger partial charge < -0.3 is 5.32 Å². The van der Waals surface area contributed by atoms with Crippen molar-refractivity contribution in [3.63, 3.8) is 0 Å². The summed E-state index contributed by atoms with van der Waals surface area (Å²) in [5.74, 6) is 0.142. The molecule has 1 heterocycles. The Kier molecular flexibility index (Phi) is 4.81. The molecule has 0 aliphatic heterocycles. The molecule has 0 aliphatic rings. The first kappa shape index (κ1) is 11.7. The van der Waals surface area contributed by atoms with E-state index in [9.17, 15) is 4.79 Å². The van der Waals surface area contributed by atoms with Crippen LogP contribution < -0.4 is 5.32 Å². The van der Waals surface area contributed by atoms with Crippen molar-refractivity contribution >= 4 is 5.91 Å². The van der Waals surface area contributed by atoms with Crippen LogP contribution in [0.15, 0.2) is 18.3 Å². The zero-order valence-corrected chi connectivity index (χ0v) is 9.42. The molecule has 0 unspecified atom stereocenters. The van der Waals surface area contributed by atoms with E-state index in [4.69, 9.17) is 0 Å². The van der Waals surface area contributed by atoms with E-state index in [0.717, 1.165) is 18.5 Å². The van der Waals surface area contributed by atoms with E-state index in [1.54, 1.807) is 6.20 Å². The van der Waals surface area contributed by atoms with Crippen LogP contribution in [0.3, 0.4) is 0 Å². The number of pyridine rings is 1. The van der Waals surface area contributed by atoms with Crippen LogP contribution in [0.5, 0.6) is 0 Å². The van der Waals surface area contributed by atoms with Crippen LogP contribution in [0.4, 0.5) is 0 Å². The molecule has 0 saturated carbocycles. The molecule has 1 rings (SSSR count). The van der Waals surface area contributed by atoms with Crippen LogP contribution in [-0.2, 0) is 11.2 Å². The maximum absolute atomic E-state index is 11.2. The Morgan fingerprint density at radius 3 is 3.00 bits per heavy atom. The monoisotopic (exact) mass is 206 g/mol. The number of aryl methyl sites for hydroxylation is 1. The van der Waals surface area contributed by atoms with Gasteiger partial charge in [0, 0.05) is 24.9 Å². The first-order valence-electron chi connectivity index (χ1n) is 5.40. The highest BCUT2D eigenvalue weighted by molar-refractivity contribution is 5.75. The van der Waals surface area contributed by atoms with E-state index in [1.807, 2.05) is 26.0 Å². The second kappa shape index (κ2) is 6.17. The predicted octanol–water partition coefficient (Wildman–Crippen LogP) is 1.85. The summed E-state index contributed by atoms with van der Waals surface area (Å²) in [6, 6.07) is 4.03. The minimum atomic E-state index is 0.142. The summed E-state index contributed by atoms with van der Waals surface area (Å²) < 4.78 is 0. The molecule has 0 aliphatic carbocycles. The van der Waals surface area contributed by atoms with Crippen molar-refractivity contribution in [3.8, 4) is 0 Å². The lowest BCUT2D eigenvalue weighted by molar-refractivity contribution is -0.121. The third kappa shape index (κ3) is 4.58. The summed E-state index contributed by atoms with van der Waals surface area (Å²) in [5, 5.41) is 2.89. The fraction of sp³-hybridized carbons (Fsp3) is 0.500. The summed E-state index contributed by atoms with van der Waals surface area (Å²) in [7, 11) is 0. The Balaban J connectivity index is 2.28. The van der Waals surface area contributed by atoms with Crippen molar-refractivity contribution in [1.82, 2.24) is 10.3 Å². The van der Waals surface area contributed by atoms with E-state index in [0.29, 0.717) is 13.0 Å². The largest absolute Gasteiger partial charge is 0.356 e. The summed E-state index contributed by atoms with van der Waals surface area (Å²) in [6.45, 7) is 4.69. The van der Waals surface area contributed by atoms with E-state index < -0.39 is 0 Å². The number of hydrogen-bond acceptors (Lipinski definition) is 2. The van der Waals surface area contributed by atoms with Crippen LogP contribution >= 0.6 is 0 Å². The van der Waals surface area contributed by atoms with Crippen molar-refractivity contribution in [2.24, 2.45) is 0 Å². The Labute approximate surface area is 90.9 Å². The average Bonchev–Trinajstić information content (AvgIpc) is 2.18. The van der Waals surface area contributed by atoms with Crippen molar-refractivity contribution in [2.75, 3.05) is 6.54 Å². The van der Waals surface area contributed by atoms with Crippen molar-refractivity contribution in [3.05, 3.63) is 29.6 Å². The average molecular weight is 206 g/mol. The highest BCUT2D eigenvalue weighted by Crippen LogP contribution is 2.00. The van der Waals surface area contributed by atoms with Crippen molar-refractivity contribution in [1.29, 1.82) is 0 Å². The maximum atomic E-state index is 11.2. The van der Waals surface area contributed by atoms with Gasteiger partial charge in [-0.05, 0) is 37.5 Å². The number of nitrogens with zero attached hydrogens (tertiary/aromatic N) is 1. The lowest BCUT2D eigenvalue weighted by Gasteiger charge is -2.04. The van der Waals surface area contributed by atoms with Gasteiger partial charge in [-0.3, -0.25) is 9.78 Å². The van der Waals surface area contributed by atoms with Gasteiger partial charge in [0.2, 0.25) is 5.91 Å². The molecule has 0 spiro atoms. The molecule has 3 nitrogen and oxygen atoms in total. The smallest absolute Gasteiger partial charge is 0.219 e. The fourth-order valence-corrected chi connectivity index (χ4v) is 1.42. The number of carbonyl (C=O) groups excluding carboxylic acids is 1. The Morgan fingerprint density at radius 2 is 2.33 bits per heavy atom. The Morgan fingerprint density at radius 1 is 1.53 bits per heavy atom. The van der Waals surface area contributed by atoms with E-state index in [2.05, 4.69) is 10.3 Å². The second-order valence-electron chi connectivity index (χ2n) is 3.66. The topological polar surface area (TPSA) is 42.0 Å². The van der Waals surface area contributed by atoms with Gasteiger partial charge in [0.15, 0.2) is 0 Å². The molecule has 0 saturated heterocycles. The molecule has 3 heteroatoms. The van der Waals surface area contributed by atoms with Gasteiger partial charge in [-0.1, -0.05) is 6.92 Å². The highest BCUT2D eigenvalue weighted by Gasteiger charge is 1.98. The van der Waals surface area contributed by atoms with Gasteiger partial charge in [0.25, 0.3) is 0 Å². The van der Waals surface area contributed by atoms with Crippen LogP contribution in [-0.4, -0.2) is 17.4 Å². The third-order valence-electron chi connectivity index (χ3n) is 2.17. The summed E-state index contributed by atoms with van der Waals surface area (Å²) in [5.41, 5.74) is 2.24. The first-order valence-corrected chi connectivity index (χ1v) is 5.40. The zero-order valence-electron chi connectivity index (χ0n) is 9.42. The fourth-order valence-electron chi connectivity index (χ4n) is 1.42. The van der Waals surface area contributed by atoms with Gasteiger partial charge in [0.05, 0.1) is 0 Å². The van der Waals surface area contributed by atoms with Gasteiger partial charge in [-0.15, -0.1) is 0 Å². The molecule has 0 aromatic carbocycles. The van der Waals surface area contributed by atoms with Gasteiger partial charge in [0.1, 0.15) is 0 Å². The minimum Gasteiger partial charge on any atom is -0.356 e. The SMILES string of the molecule is CCCC(=O)NCCc1ccnc(C)c1. The standard InChI is InChI=1S/C12H18N2O/c1-3-4-12(15)14-8-6-11-5-7-13-10(2)9-11/h5,7,9H,3-4,6,8H2,1-2H3,(H,14,15). The number of hydrogen-bond donors (Lipinski definition) is 1. The van der Waals surface area contributed by atoms with Crippen LogP contribution in [0.1, 0.15) is 31.0 Å². The molecule has 1 amide bonds. The summed E-state index contributed by atoms with van der Waals surface area (Å²) >= 11 is 0. The Bertz CT molecular complexity index is 323.